The Balaban J connectivity index is 4.27. The first-order valence-corrected chi connectivity index (χ1v) is 10.2. The van der Waals surface area contributed by atoms with Crippen LogP contribution in [0.25, 0.3) is 0 Å². The summed E-state index contributed by atoms with van der Waals surface area (Å²) in [7, 11) is 0. The van der Waals surface area contributed by atoms with Gasteiger partial charge in [0, 0.05) is 57.3 Å². The van der Waals surface area contributed by atoms with Gasteiger partial charge in [-0.25, -0.2) is 14.4 Å². The summed E-state index contributed by atoms with van der Waals surface area (Å²) in [5.41, 5.74) is -1.42. The van der Waals surface area contributed by atoms with E-state index < -0.39 is 23.5 Å². The molecule has 32 heavy (non-hydrogen) atoms. The molecule has 0 aliphatic rings. The molecule has 0 radical (unpaired) electrons. The summed E-state index contributed by atoms with van der Waals surface area (Å²) >= 11 is 0. The molecule has 0 saturated carbocycles. The summed E-state index contributed by atoms with van der Waals surface area (Å²) in [5, 5.41) is 10.8. The van der Waals surface area contributed by atoms with E-state index in [1.54, 1.807) is 0 Å². The largest absolute Gasteiger partial charge is 0.462 e. The molecule has 0 bridgehead atoms. The van der Waals surface area contributed by atoms with E-state index in [-0.39, 0.29) is 59.5 Å². The third kappa shape index (κ3) is 17.2. The van der Waals surface area contributed by atoms with Crippen molar-refractivity contribution in [2.24, 2.45) is 0 Å². The highest BCUT2D eigenvalue weighted by Gasteiger charge is 2.28. The maximum absolute atomic E-state index is 11.0. The normalized spacial score (nSPS) is 10.8. The second-order valence-electron chi connectivity index (χ2n) is 6.56. The smallest absolute Gasteiger partial charge is 0.330 e. The van der Waals surface area contributed by atoms with Gasteiger partial charge < -0.3 is 33.5 Å². The number of carbonyl (C=O) groups excluding carboxylic acids is 3. The van der Waals surface area contributed by atoms with Crippen LogP contribution in [0.2, 0.25) is 0 Å². The zero-order chi connectivity index (χ0) is 24.1. The lowest BCUT2D eigenvalue weighted by molar-refractivity contribution is -0.142. The number of ether oxygens (including phenoxy) is 6. The Hall–Kier alpha value is -2.53. The fraction of sp³-hybridized carbons (Fsp3) is 0.591. The lowest BCUT2D eigenvalue weighted by Gasteiger charge is -2.27. The van der Waals surface area contributed by atoms with E-state index in [1.807, 2.05) is 0 Å². The van der Waals surface area contributed by atoms with Crippen LogP contribution in [0.15, 0.2) is 38.0 Å². The first-order valence-electron chi connectivity index (χ1n) is 10.2. The molecular formula is C22H34O10. The first kappa shape index (κ1) is 29.5. The Kier molecular flexibility index (Phi) is 17.7. The summed E-state index contributed by atoms with van der Waals surface area (Å²) in [5.74, 6) is -1.54. The van der Waals surface area contributed by atoms with Gasteiger partial charge in [0.15, 0.2) is 0 Å². The fourth-order valence-corrected chi connectivity index (χ4v) is 2.09. The van der Waals surface area contributed by atoms with E-state index in [0.717, 1.165) is 18.2 Å². The van der Waals surface area contributed by atoms with Gasteiger partial charge in [0.05, 0.1) is 39.6 Å². The third-order valence-electron chi connectivity index (χ3n) is 3.64. The number of esters is 3. The van der Waals surface area contributed by atoms with Crippen molar-refractivity contribution in [1.29, 1.82) is 0 Å². The second kappa shape index (κ2) is 19.2. The molecule has 0 fully saturated rings. The van der Waals surface area contributed by atoms with Crippen LogP contribution < -0.4 is 0 Å². The topological polar surface area (TPSA) is 127 Å². The molecule has 0 heterocycles. The average molecular weight is 459 g/mol. The Morgan fingerprint density at radius 3 is 1.12 bits per heavy atom. The monoisotopic (exact) mass is 458 g/mol. The van der Waals surface area contributed by atoms with Crippen molar-refractivity contribution in [3.05, 3.63) is 38.0 Å². The van der Waals surface area contributed by atoms with Crippen LogP contribution in [0.3, 0.4) is 0 Å². The molecule has 0 aliphatic carbocycles. The summed E-state index contributed by atoms with van der Waals surface area (Å²) in [6, 6.07) is 0. The molecule has 0 spiro atoms. The molecule has 10 heteroatoms. The van der Waals surface area contributed by atoms with Crippen molar-refractivity contribution < 1.29 is 47.9 Å². The Bertz CT molecular complexity index is 508. The lowest BCUT2D eigenvalue weighted by Crippen LogP contribution is -2.44. The van der Waals surface area contributed by atoms with Gasteiger partial charge in [0.25, 0.3) is 0 Å². The van der Waals surface area contributed by atoms with Crippen LogP contribution in [-0.4, -0.2) is 88.1 Å². The fourth-order valence-electron chi connectivity index (χ4n) is 2.09. The van der Waals surface area contributed by atoms with Gasteiger partial charge >= 0.3 is 17.9 Å². The van der Waals surface area contributed by atoms with E-state index in [2.05, 4.69) is 19.7 Å². The zero-order valence-corrected chi connectivity index (χ0v) is 18.5. The molecule has 10 nitrogen and oxygen atoms in total. The standard InChI is InChI=1S/C22H34O10/c1-4-19(23)30-13-7-10-27-16-22(26,17-28-11-8-14-31-20(24)5-2)18-29-12-9-15-32-21(25)6-3/h4-6,26H,1-3,7-18H2. The predicted octanol–water partition coefficient (Wildman–Crippen LogP) is 1.13. The van der Waals surface area contributed by atoms with Crippen molar-refractivity contribution in [1.82, 2.24) is 0 Å². The van der Waals surface area contributed by atoms with Crippen LogP contribution in [-0.2, 0) is 42.8 Å². The summed E-state index contributed by atoms with van der Waals surface area (Å²) in [6.07, 6.45) is 4.56. The van der Waals surface area contributed by atoms with Crippen molar-refractivity contribution in [2.45, 2.75) is 24.9 Å². The third-order valence-corrected chi connectivity index (χ3v) is 3.64. The highest BCUT2D eigenvalue weighted by atomic mass is 16.6. The number of hydrogen-bond donors (Lipinski definition) is 1. The highest BCUT2D eigenvalue weighted by Crippen LogP contribution is 2.09. The van der Waals surface area contributed by atoms with Gasteiger partial charge in [-0.05, 0) is 0 Å². The molecule has 0 unspecified atom stereocenters. The van der Waals surface area contributed by atoms with Crippen molar-refractivity contribution in [3.8, 4) is 0 Å². The van der Waals surface area contributed by atoms with Crippen LogP contribution >= 0.6 is 0 Å². The van der Waals surface area contributed by atoms with Crippen LogP contribution in [0, 0.1) is 0 Å². The number of aliphatic hydroxyl groups is 1. The Labute approximate surface area is 188 Å². The molecule has 0 saturated heterocycles. The number of hydrogen-bond acceptors (Lipinski definition) is 10. The molecule has 0 aromatic rings. The van der Waals surface area contributed by atoms with E-state index in [4.69, 9.17) is 28.4 Å². The molecular weight excluding hydrogens is 424 g/mol. The molecule has 0 aromatic heterocycles. The number of carbonyl (C=O) groups is 3. The molecule has 0 aliphatic heterocycles. The highest BCUT2D eigenvalue weighted by molar-refractivity contribution is 5.81. The van der Waals surface area contributed by atoms with E-state index in [1.165, 1.54) is 0 Å². The molecule has 0 amide bonds. The van der Waals surface area contributed by atoms with E-state index in [0.29, 0.717) is 19.3 Å². The average Bonchev–Trinajstić information content (AvgIpc) is 2.80. The summed E-state index contributed by atoms with van der Waals surface area (Å²) in [6.45, 7) is 11.0. The molecule has 0 rings (SSSR count). The summed E-state index contributed by atoms with van der Waals surface area (Å²) < 4.78 is 31.0. The quantitative estimate of drug-likeness (QED) is 0.116. The van der Waals surface area contributed by atoms with Crippen molar-refractivity contribution >= 4 is 17.9 Å². The molecule has 1 N–H and O–H groups in total. The predicted molar refractivity (Wildman–Crippen MR) is 115 cm³/mol. The lowest BCUT2D eigenvalue weighted by atomic mass is 10.1. The maximum Gasteiger partial charge on any atom is 0.330 e. The van der Waals surface area contributed by atoms with E-state index in [9.17, 15) is 19.5 Å². The van der Waals surface area contributed by atoms with Crippen LogP contribution in [0.5, 0.6) is 0 Å². The molecule has 182 valence electrons. The van der Waals surface area contributed by atoms with Crippen molar-refractivity contribution in [2.75, 3.05) is 59.5 Å². The molecule has 0 atom stereocenters. The van der Waals surface area contributed by atoms with Crippen molar-refractivity contribution in [3.63, 3.8) is 0 Å². The Morgan fingerprint density at radius 2 is 0.875 bits per heavy atom. The minimum Gasteiger partial charge on any atom is -0.462 e. The van der Waals surface area contributed by atoms with Gasteiger partial charge in [0.1, 0.15) is 5.60 Å². The van der Waals surface area contributed by atoms with Crippen LogP contribution in [0.1, 0.15) is 19.3 Å². The van der Waals surface area contributed by atoms with Gasteiger partial charge in [-0.15, -0.1) is 0 Å². The second-order valence-corrected chi connectivity index (χ2v) is 6.56. The van der Waals surface area contributed by atoms with E-state index >= 15 is 0 Å². The zero-order valence-electron chi connectivity index (χ0n) is 18.5. The van der Waals surface area contributed by atoms with Gasteiger partial charge in [-0.3, -0.25) is 0 Å². The Morgan fingerprint density at radius 1 is 0.594 bits per heavy atom. The van der Waals surface area contributed by atoms with Gasteiger partial charge in [-0.2, -0.15) is 0 Å². The number of rotatable bonds is 21. The summed E-state index contributed by atoms with van der Waals surface area (Å²) in [4.78, 5) is 32.9. The van der Waals surface area contributed by atoms with Crippen LogP contribution in [0.4, 0.5) is 0 Å². The molecule has 0 aromatic carbocycles. The SMILES string of the molecule is C=CC(=O)OCCCOCC(O)(COCCCOC(=O)C=C)COCCCOC(=O)C=C. The first-order chi connectivity index (χ1) is 15.4. The minimum absolute atomic E-state index is 0.0701. The minimum atomic E-state index is -1.42. The van der Waals surface area contributed by atoms with Gasteiger partial charge in [0.2, 0.25) is 0 Å². The maximum atomic E-state index is 11.0. The van der Waals surface area contributed by atoms with Gasteiger partial charge in [-0.1, -0.05) is 19.7 Å².